The number of benzene rings is 2. The third-order valence-corrected chi connectivity index (χ3v) is 7.33. The lowest BCUT2D eigenvalue weighted by atomic mass is 9.71. The third kappa shape index (κ3) is 5.88. The first-order chi connectivity index (χ1) is 15.2. The molecule has 0 amide bonds. The van der Waals surface area contributed by atoms with Gasteiger partial charge >= 0.3 is 0 Å². The molecule has 1 saturated carbocycles. The van der Waals surface area contributed by atoms with E-state index in [1.165, 1.54) is 17.5 Å². The number of methoxy groups -OCH3 is 1. The maximum absolute atomic E-state index is 11.6. The van der Waals surface area contributed by atoms with E-state index in [0.29, 0.717) is 0 Å². The zero-order valence-electron chi connectivity index (χ0n) is 19.0. The first kappa shape index (κ1) is 22.3. The van der Waals surface area contributed by atoms with Crippen LogP contribution in [0.1, 0.15) is 55.6 Å². The minimum atomic E-state index is -0.567. The van der Waals surface area contributed by atoms with Crippen molar-refractivity contribution in [1.29, 1.82) is 0 Å². The quantitative estimate of drug-likeness (QED) is 0.670. The Bertz CT molecular complexity index is 779. The lowest BCUT2D eigenvalue weighted by Crippen LogP contribution is -2.47. The minimum Gasteiger partial charge on any atom is -0.497 e. The van der Waals surface area contributed by atoms with Gasteiger partial charge in [-0.2, -0.15) is 0 Å². The highest BCUT2D eigenvalue weighted by molar-refractivity contribution is 5.31. The Labute approximate surface area is 187 Å². The van der Waals surface area contributed by atoms with E-state index < -0.39 is 5.60 Å². The van der Waals surface area contributed by atoms with E-state index in [9.17, 15) is 5.11 Å². The number of hydrogen-bond acceptors (Lipinski definition) is 4. The normalized spacial score (nSPS) is 21.0. The molecular formula is C27H38N2O2. The van der Waals surface area contributed by atoms with Crippen molar-refractivity contribution in [2.75, 3.05) is 39.8 Å². The average molecular weight is 423 g/mol. The standard InChI is InChI=1S/C27H38N2O2/c1-31-25-12-10-24(11-13-25)26(27(30)15-6-3-7-16-27)14-17-28-18-20-29(21-19-28)22-23-8-4-2-5-9-23/h2,4-5,8-13,26,30H,3,6-7,14-22H2,1H3. The predicted molar refractivity (Wildman–Crippen MR) is 127 cm³/mol. The molecule has 1 atom stereocenters. The van der Waals surface area contributed by atoms with Crippen LogP contribution in [0.15, 0.2) is 54.6 Å². The van der Waals surface area contributed by atoms with Crippen LogP contribution >= 0.6 is 0 Å². The van der Waals surface area contributed by atoms with Gasteiger partial charge in [0.25, 0.3) is 0 Å². The van der Waals surface area contributed by atoms with Crippen LogP contribution in [0, 0.1) is 0 Å². The number of nitrogens with zero attached hydrogens (tertiary/aromatic N) is 2. The van der Waals surface area contributed by atoms with Crippen LogP contribution in [0.5, 0.6) is 5.75 Å². The molecule has 1 N–H and O–H groups in total. The topological polar surface area (TPSA) is 35.9 Å². The van der Waals surface area contributed by atoms with Crippen molar-refractivity contribution in [2.45, 2.75) is 56.6 Å². The van der Waals surface area contributed by atoms with Crippen molar-refractivity contribution in [3.8, 4) is 5.75 Å². The van der Waals surface area contributed by atoms with Crippen molar-refractivity contribution in [3.05, 3.63) is 65.7 Å². The van der Waals surface area contributed by atoms with E-state index in [1.54, 1.807) is 7.11 Å². The highest BCUT2D eigenvalue weighted by Crippen LogP contribution is 2.42. The van der Waals surface area contributed by atoms with Crippen LogP contribution in [-0.2, 0) is 6.54 Å². The largest absolute Gasteiger partial charge is 0.497 e. The van der Waals surface area contributed by atoms with Crippen molar-refractivity contribution in [2.24, 2.45) is 0 Å². The fourth-order valence-corrected chi connectivity index (χ4v) is 5.42. The number of aliphatic hydroxyl groups is 1. The van der Waals surface area contributed by atoms with Gasteiger partial charge < -0.3 is 14.7 Å². The zero-order chi connectivity index (χ0) is 21.5. The molecule has 0 spiro atoms. The molecule has 0 radical (unpaired) electrons. The van der Waals surface area contributed by atoms with Crippen LogP contribution in [-0.4, -0.2) is 60.3 Å². The third-order valence-electron chi connectivity index (χ3n) is 7.33. The fourth-order valence-electron chi connectivity index (χ4n) is 5.42. The van der Waals surface area contributed by atoms with Crippen molar-refractivity contribution in [1.82, 2.24) is 9.80 Å². The van der Waals surface area contributed by atoms with E-state index >= 15 is 0 Å². The number of hydrogen-bond donors (Lipinski definition) is 1. The summed E-state index contributed by atoms with van der Waals surface area (Å²) in [7, 11) is 1.71. The highest BCUT2D eigenvalue weighted by Gasteiger charge is 2.38. The van der Waals surface area contributed by atoms with Gasteiger partial charge in [-0.1, -0.05) is 61.7 Å². The summed E-state index contributed by atoms with van der Waals surface area (Å²) in [5, 5.41) is 11.6. The first-order valence-corrected chi connectivity index (χ1v) is 12.0. The molecule has 1 saturated heterocycles. The maximum Gasteiger partial charge on any atom is 0.118 e. The fraction of sp³-hybridized carbons (Fsp3) is 0.556. The van der Waals surface area contributed by atoms with E-state index in [4.69, 9.17) is 4.74 Å². The lowest BCUT2D eigenvalue weighted by molar-refractivity contribution is -0.0273. The van der Waals surface area contributed by atoms with E-state index in [0.717, 1.165) is 77.1 Å². The molecule has 0 bridgehead atoms. The molecule has 4 rings (SSSR count). The van der Waals surface area contributed by atoms with Gasteiger partial charge in [-0.25, -0.2) is 0 Å². The molecule has 2 aromatic carbocycles. The second-order valence-electron chi connectivity index (χ2n) is 9.38. The number of rotatable bonds is 8. The van der Waals surface area contributed by atoms with E-state index in [-0.39, 0.29) is 5.92 Å². The number of ether oxygens (including phenoxy) is 1. The van der Waals surface area contributed by atoms with Gasteiger partial charge in [-0.05, 0) is 49.1 Å². The molecule has 0 aromatic heterocycles. The Morgan fingerprint density at radius 1 is 0.871 bits per heavy atom. The molecule has 168 valence electrons. The summed E-state index contributed by atoms with van der Waals surface area (Å²) < 4.78 is 5.35. The Balaban J connectivity index is 1.35. The Hall–Kier alpha value is -1.88. The molecule has 2 aromatic rings. The van der Waals surface area contributed by atoms with Crippen molar-refractivity contribution in [3.63, 3.8) is 0 Å². The molecule has 1 unspecified atom stereocenters. The first-order valence-electron chi connectivity index (χ1n) is 12.0. The summed E-state index contributed by atoms with van der Waals surface area (Å²) in [4.78, 5) is 5.14. The molecular weight excluding hydrogens is 384 g/mol. The summed E-state index contributed by atoms with van der Waals surface area (Å²) in [6, 6.07) is 19.2. The van der Waals surface area contributed by atoms with Gasteiger partial charge in [0.2, 0.25) is 0 Å². The molecule has 31 heavy (non-hydrogen) atoms. The van der Waals surface area contributed by atoms with Gasteiger partial charge in [0, 0.05) is 38.6 Å². The zero-order valence-corrected chi connectivity index (χ0v) is 19.0. The summed E-state index contributed by atoms with van der Waals surface area (Å²) in [5.74, 6) is 1.08. The summed E-state index contributed by atoms with van der Waals surface area (Å²) in [6.07, 6.45) is 6.40. The van der Waals surface area contributed by atoms with Gasteiger partial charge in [0.15, 0.2) is 0 Å². The molecule has 1 aliphatic heterocycles. The monoisotopic (exact) mass is 422 g/mol. The van der Waals surface area contributed by atoms with Crippen molar-refractivity contribution < 1.29 is 9.84 Å². The second-order valence-corrected chi connectivity index (χ2v) is 9.38. The highest BCUT2D eigenvalue weighted by atomic mass is 16.5. The van der Waals surface area contributed by atoms with E-state index in [2.05, 4.69) is 52.3 Å². The molecule has 2 aliphatic rings. The second kappa shape index (κ2) is 10.6. The van der Waals surface area contributed by atoms with Crippen LogP contribution in [0.3, 0.4) is 0 Å². The SMILES string of the molecule is COc1ccc(C(CCN2CCN(Cc3ccccc3)CC2)C2(O)CCCCC2)cc1. The van der Waals surface area contributed by atoms with Crippen molar-refractivity contribution >= 4 is 0 Å². The summed E-state index contributed by atoms with van der Waals surface area (Å²) >= 11 is 0. The molecule has 1 aliphatic carbocycles. The molecule has 4 heteroatoms. The minimum absolute atomic E-state index is 0.195. The van der Waals surface area contributed by atoms with Crippen LogP contribution in [0.25, 0.3) is 0 Å². The van der Waals surface area contributed by atoms with Gasteiger partial charge in [-0.3, -0.25) is 4.90 Å². The van der Waals surface area contributed by atoms with Crippen LogP contribution in [0.2, 0.25) is 0 Å². The van der Waals surface area contributed by atoms with Gasteiger partial charge in [0.1, 0.15) is 5.75 Å². The summed E-state index contributed by atoms with van der Waals surface area (Å²) in [5.41, 5.74) is 2.09. The van der Waals surface area contributed by atoms with Crippen LogP contribution < -0.4 is 4.74 Å². The Morgan fingerprint density at radius 3 is 2.16 bits per heavy atom. The predicted octanol–water partition coefficient (Wildman–Crippen LogP) is 4.68. The Kier molecular flexibility index (Phi) is 7.65. The smallest absolute Gasteiger partial charge is 0.118 e. The van der Waals surface area contributed by atoms with Gasteiger partial charge in [0.05, 0.1) is 12.7 Å². The van der Waals surface area contributed by atoms with Crippen LogP contribution in [0.4, 0.5) is 0 Å². The molecule has 4 nitrogen and oxygen atoms in total. The Morgan fingerprint density at radius 2 is 1.52 bits per heavy atom. The summed E-state index contributed by atoms with van der Waals surface area (Å²) in [6.45, 7) is 6.56. The van der Waals surface area contributed by atoms with E-state index in [1.807, 2.05) is 12.1 Å². The number of piperazine rings is 1. The maximum atomic E-state index is 11.6. The lowest BCUT2D eigenvalue weighted by Gasteiger charge is -2.41. The molecule has 1 heterocycles. The average Bonchev–Trinajstić information content (AvgIpc) is 2.82. The van der Waals surface area contributed by atoms with Gasteiger partial charge in [-0.15, -0.1) is 0 Å². The molecule has 2 fully saturated rings.